The van der Waals surface area contributed by atoms with Crippen LogP contribution in [0.4, 0.5) is 0 Å². The third kappa shape index (κ3) is 4.48. The van der Waals surface area contributed by atoms with E-state index in [9.17, 15) is 0 Å². The lowest BCUT2D eigenvalue weighted by atomic mass is 9.98. The maximum Gasteiger partial charge on any atom is 0.0320 e. The highest BCUT2D eigenvalue weighted by atomic mass is 35.5. The molecule has 23 heavy (non-hydrogen) atoms. The fraction of sp³-hybridized carbons (Fsp3) is 0.684. The second-order valence-corrected chi connectivity index (χ2v) is 7.22. The molecule has 2 aliphatic rings. The van der Waals surface area contributed by atoms with Gasteiger partial charge in [0.05, 0.1) is 0 Å². The third-order valence-corrected chi connectivity index (χ3v) is 5.53. The van der Waals surface area contributed by atoms with Gasteiger partial charge in [-0.15, -0.1) is 12.4 Å². The first-order chi connectivity index (χ1) is 10.6. The van der Waals surface area contributed by atoms with Gasteiger partial charge in [0, 0.05) is 44.8 Å². The summed E-state index contributed by atoms with van der Waals surface area (Å²) in [5.41, 5.74) is 2.90. The average molecular weight is 338 g/mol. The molecule has 0 saturated carbocycles. The summed E-state index contributed by atoms with van der Waals surface area (Å²) in [6.07, 6.45) is 1.33. The summed E-state index contributed by atoms with van der Waals surface area (Å²) in [4.78, 5) is 5.33. The van der Waals surface area contributed by atoms with Crippen molar-refractivity contribution in [2.45, 2.75) is 45.2 Å². The van der Waals surface area contributed by atoms with Gasteiger partial charge in [-0.05, 0) is 36.9 Å². The Morgan fingerprint density at radius 1 is 0.957 bits per heavy atom. The van der Waals surface area contributed by atoms with Crippen molar-refractivity contribution in [1.29, 1.82) is 0 Å². The van der Waals surface area contributed by atoms with Gasteiger partial charge >= 0.3 is 0 Å². The summed E-state index contributed by atoms with van der Waals surface area (Å²) in [7, 11) is 0. The minimum Gasteiger partial charge on any atom is -0.315 e. The fourth-order valence-corrected chi connectivity index (χ4v) is 3.81. The third-order valence-electron chi connectivity index (χ3n) is 5.53. The van der Waals surface area contributed by atoms with E-state index < -0.39 is 0 Å². The van der Waals surface area contributed by atoms with Crippen LogP contribution in [0.2, 0.25) is 0 Å². The number of piperazine rings is 1. The van der Waals surface area contributed by atoms with E-state index in [2.05, 4.69) is 60.2 Å². The summed E-state index contributed by atoms with van der Waals surface area (Å²) in [6, 6.07) is 10.6. The zero-order valence-electron chi connectivity index (χ0n) is 14.8. The lowest BCUT2D eigenvalue weighted by Gasteiger charge is -2.40. The van der Waals surface area contributed by atoms with Gasteiger partial charge in [0.1, 0.15) is 0 Å². The molecule has 2 fully saturated rings. The van der Waals surface area contributed by atoms with Gasteiger partial charge in [0.25, 0.3) is 0 Å². The van der Waals surface area contributed by atoms with Crippen molar-refractivity contribution in [2.75, 3.05) is 39.3 Å². The predicted octanol–water partition coefficient (Wildman–Crippen LogP) is 3.27. The molecule has 3 rings (SSSR count). The molecule has 2 saturated heterocycles. The number of hydrogen-bond donors (Lipinski definition) is 1. The van der Waals surface area contributed by atoms with Crippen LogP contribution in [0.15, 0.2) is 24.3 Å². The van der Waals surface area contributed by atoms with E-state index >= 15 is 0 Å². The van der Waals surface area contributed by atoms with Crippen LogP contribution in [0.5, 0.6) is 0 Å². The quantitative estimate of drug-likeness (QED) is 0.909. The largest absolute Gasteiger partial charge is 0.315 e. The van der Waals surface area contributed by atoms with Crippen LogP contribution in [0.1, 0.15) is 50.3 Å². The van der Waals surface area contributed by atoms with E-state index in [1.165, 1.54) is 56.8 Å². The molecule has 0 aliphatic carbocycles. The van der Waals surface area contributed by atoms with Crippen LogP contribution in [-0.4, -0.2) is 55.1 Å². The topological polar surface area (TPSA) is 18.5 Å². The van der Waals surface area contributed by atoms with Gasteiger partial charge < -0.3 is 5.32 Å². The first kappa shape index (κ1) is 18.7. The van der Waals surface area contributed by atoms with Gasteiger partial charge in [-0.25, -0.2) is 0 Å². The number of nitrogens with zero attached hydrogens (tertiary/aromatic N) is 2. The minimum atomic E-state index is 0. The van der Waals surface area contributed by atoms with E-state index in [1.807, 2.05) is 0 Å². The normalized spacial score (nSPS) is 24.6. The van der Waals surface area contributed by atoms with Crippen LogP contribution in [0.3, 0.4) is 0 Å². The smallest absolute Gasteiger partial charge is 0.0320 e. The Hall–Kier alpha value is -0.610. The molecule has 0 spiro atoms. The minimum absolute atomic E-state index is 0. The van der Waals surface area contributed by atoms with Crippen molar-refractivity contribution >= 4 is 12.4 Å². The second-order valence-electron chi connectivity index (χ2n) is 7.22. The molecule has 0 amide bonds. The standard InChI is InChI=1S/C19H31N3.ClH/c1-15(2)17-4-6-18(7-5-17)16(3)21-10-12-22(13-11-21)19-8-9-20-14-19;/h4-7,15-16,19-20H,8-14H2,1-3H3;1H. The van der Waals surface area contributed by atoms with Crippen molar-refractivity contribution in [3.8, 4) is 0 Å². The van der Waals surface area contributed by atoms with E-state index in [0.717, 1.165) is 6.04 Å². The molecule has 2 atom stereocenters. The van der Waals surface area contributed by atoms with Crippen molar-refractivity contribution in [3.05, 3.63) is 35.4 Å². The first-order valence-corrected chi connectivity index (χ1v) is 8.94. The number of benzene rings is 1. The van der Waals surface area contributed by atoms with Gasteiger partial charge in [0.15, 0.2) is 0 Å². The highest BCUT2D eigenvalue weighted by Gasteiger charge is 2.27. The van der Waals surface area contributed by atoms with E-state index in [0.29, 0.717) is 12.0 Å². The first-order valence-electron chi connectivity index (χ1n) is 8.94. The molecule has 1 aromatic rings. The van der Waals surface area contributed by atoms with Crippen molar-refractivity contribution in [1.82, 2.24) is 15.1 Å². The molecule has 2 aliphatic heterocycles. The van der Waals surface area contributed by atoms with E-state index in [-0.39, 0.29) is 12.4 Å². The Kier molecular flexibility index (Phi) is 6.90. The monoisotopic (exact) mass is 337 g/mol. The molecule has 4 heteroatoms. The second kappa shape index (κ2) is 8.48. The van der Waals surface area contributed by atoms with Crippen molar-refractivity contribution in [3.63, 3.8) is 0 Å². The Labute approximate surface area is 147 Å². The van der Waals surface area contributed by atoms with Crippen molar-refractivity contribution in [2.24, 2.45) is 0 Å². The molecule has 130 valence electrons. The van der Waals surface area contributed by atoms with Crippen LogP contribution >= 0.6 is 12.4 Å². The van der Waals surface area contributed by atoms with Crippen molar-refractivity contribution < 1.29 is 0 Å². The molecular weight excluding hydrogens is 306 g/mol. The summed E-state index contributed by atoms with van der Waals surface area (Å²) in [6.45, 7) is 14.1. The van der Waals surface area contributed by atoms with Gasteiger partial charge in [-0.1, -0.05) is 38.1 Å². The van der Waals surface area contributed by atoms with Crippen LogP contribution < -0.4 is 5.32 Å². The van der Waals surface area contributed by atoms with E-state index in [4.69, 9.17) is 0 Å². The summed E-state index contributed by atoms with van der Waals surface area (Å²) in [5, 5.41) is 3.49. The molecule has 2 heterocycles. The molecule has 0 aromatic heterocycles. The van der Waals surface area contributed by atoms with E-state index in [1.54, 1.807) is 0 Å². The summed E-state index contributed by atoms with van der Waals surface area (Å²) >= 11 is 0. The predicted molar refractivity (Wildman–Crippen MR) is 101 cm³/mol. The van der Waals surface area contributed by atoms with Gasteiger partial charge in [-0.2, -0.15) is 0 Å². The Morgan fingerprint density at radius 3 is 2.09 bits per heavy atom. The molecule has 2 unspecified atom stereocenters. The Bertz CT molecular complexity index is 460. The fourth-order valence-electron chi connectivity index (χ4n) is 3.81. The number of halogens is 1. The molecule has 0 radical (unpaired) electrons. The van der Waals surface area contributed by atoms with Gasteiger partial charge in [0.2, 0.25) is 0 Å². The number of nitrogens with one attached hydrogen (secondary N) is 1. The van der Waals surface area contributed by atoms with Crippen LogP contribution in [0.25, 0.3) is 0 Å². The molecular formula is C19H32ClN3. The average Bonchev–Trinajstić information content (AvgIpc) is 3.09. The maximum atomic E-state index is 3.49. The molecule has 1 N–H and O–H groups in total. The maximum absolute atomic E-state index is 3.49. The molecule has 3 nitrogen and oxygen atoms in total. The number of rotatable bonds is 4. The zero-order valence-corrected chi connectivity index (χ0v) is 15.6. The Balaban J connectivity index is 0.00000192. The zero-order chi connectivity index (χ0) is 15.5. The molecule has 1 aromatic carbocycles. The SMILES string of the molecule is CC(C)c1ccc(C(C)N2CCN(C3CCNC3)CC2)cc1.Cl. The summed E-state index contributed by atoms with van der Waals surface area (Å²) < 4.78 is 0. The lowest BCUT2D eigenvalue weighted by molar-refractivity contribution is 0.0787. The highest BCUT2D eigenvalue weighted by molar-refractivity contribution is 5.85. The number of hydrogen-bond acceptors (Lipinski definition) is 3. The van der Waals surface area contributed by atoms with Gasteiger partial charge in [-0.3, -0.25) is 9.80 Å². The highest BCUT2D eigenvalue weighted by Crippen LogP contribution is 2.24. The Morgan fingerprint density at radius 2 is 1.57 bits per heavy atom. The van der Waals surface area contributed by atoms with Crippen LogP contribution in [0, 0.1) is 0 Å². The summed E-state index contributed by atoms with van der Waals surface area (Å²) in [5.74, 6) is 0.618. The lowest BCUT2D eigenvalue weighted by Crippen LogP contribution is -2.51. The molecule has 0 bridgehead atoms. The van der Waals surface area contributed by atoms with Crippen LogP contribution in [-0.2, 0) is 0 Å².